The van der Waals surface area contributed by atoms with E-state index in [-0.39, 0.29) is 22.5 Å². The summed E-state index contributed by atoms with van der Waals surface area (Å²) in [7, 11) is 0. The van der Waals surface area contributed by atoms with Gasteiger partial charge in [0.05, 0.1) is 5.69 Å². The van der Waals surface area contributed by atoms with Crippen molar-refractivity contribution in [3.05, 3.63) is 57.0 Å². The van der Waals surface area contributed by atoms with Crippen LogP contribution in [0.3, 0.4) is 0 Å². The van der Waals surface area contributed by atoms with Crippen LogP contribution >= 0.6 is 0 Å². The molecule has 4 rings (SSSR count). The Morgan fingerprint density at radius 1 is 1.32 bits per heavy atom. The maximum Gasteiger partial charge on any atom is 0.270 e. The number of aromatic hydroxyl groups is 1. The Morgan fingerprint density at radius 3 is 2.77 bits per heavy atom. The number of hydrogen-bond donors (Lipinski definition) is 1. The van der Waals surface area contributed by atoms with E-state index in [4.69, 9.17) is 0 Å². The monoisotopic (exact) mass is 295 g/mol. The molecular weight excluding hydrogens is 278 g/mol. The first-order chi connectivity index (χ1) is 10.5. The molecule has 4 heteroatoms. The number of carbonyl (C=O) groups excluding carboxylic acids is 1. The number of carbonyl (C=O) groups is 1. The number of ketones is 1. The van der Waals surface area contributed by atoms with Gasteiger partial charge in [-0.1, -0.05) is 18.2 Å². The molecule has 22 heavy (non-hydrogen) atoms. The third kappa shape index (κ3) is 1.37. The smallest absolute Gasteiger partial charge is 0.270 e. The summed E-state index contributed by atoms with van der Waals surface area (Å²) in [5.41, 5.74) is 2.82. The van der Waals surface area contributed by atoms with Gasteiger partial charge >= 0.3 is 0 Å². The van der Waals surface area contributed by atoms with Crippen molar-refractivity contribution in [3.63, 3.8) is 0 Å². The van der Waals surface area contributed by atoms with E-state index < -0.39 is 5.56 Å². The lowest BCUT2D eigenvalue weighted by Crippen LogP contribution is -2.33. The van der Waals surface area contributed by atoms with Crippen LogP contribution < -0.4 is 5.56 Å². The molecular formula is C18H17NO3. The molecule has 4 nitrogen and oxygen atoms in total. The summed E-state index contributed by atoms with van der Waals surface area (Å²) in [6.07, 6.45) is 2.57. The quantitative estimate of drug-likeness (QED) is 0.823. The van der Waals surface area contributed by atoms with E-state index in [9.17, 15) is 14.7 Å². The zero-order valence-corrected chi connectivity index (χ0v) is 12.6. The second-order valence-electron chi connectivity index (χ2n) is 6.45. The molecule has 1 aromatic carbocycles. The van der Waals surface area contributed by atoms with Gasteiger partial charge in [0.15, 0.2) is 5.78 Å². The molecule has 2 aromatic rings. The van der Waals surface area contributed by atoms with Crippen LogP contribution in [0.1, 0.15) is 53.9 Å². The Morgan fingerprint density at radius 2 is 2.05 bits per heavy atom. The number of Topliss-reactive ketones (excluding diaryl/α,β-unsaturated/α-hetero) is 1. The van der Waals surface area contributed by atoms with Gasteiger partial charge in [0.2, 0.25) is 0 Å². The fourth-order valence-electron chi connectivity index (χ4n) is 4.21. The first-order valence-electron chi connectivity index (χ1n) is 7.59. The predicted octanol–water partition coefficient (Wildman–Crippen LogP) is 2.70. The fraction of sp³-hybridized carbons (Fsp3) is 0.333. The molecule has 0 bridgehead atoms. The lowest BCUT2D eigenvalue weighted by atomic mass is 9.71. The van der Waals surface area contributed by atoms with Gasteiger partial charge in [0, 0.05) is 16.7 Å². The highest BCUT2D eigenvalue weighted by Gasteiger charge is 2.45. The highest BCUT2D eigenvalue weighted by Crippen LogP contribution is 2.51. The number of hydrogen-bond acceptors (Lipinski definition) is 3. The number of para-hydroxylation sites is 1. The normalized spacial score (nSPS) is 21.4. The largest absolute Gasteiger partial charge is 0.507 e. The van der Waals surface area contributed by atoms with E-state index in [1.165, 1.54) is 6.92 Å². The minimum Gasteiger partial charge on any atom is -0.507 e. The molecule has 1 unspecified atom stereocenters. The maximum absolute atomic E-state index is 12.8. The van der Waals surface area contributed by atoms with Crippen LogP contribution in [0.25, 0.3) is 5.69 Å². The van der Waals surface area contributed by atoms with E-state index in [2.05, 4.69) is 6.92 Å². The number of nitrogens with zero attached hydrogens (tertiary/aromatic N) is 1. The summed E-state index contributed by atoms with van der Waals surface area (Å²) in [4.78, 5) is 24.7. The summed E-state index contributed by atoms with van der Waals surface area (Å²) >= 11 is 0. The van der Waals surface area contributed by atoms with Crippen molar-refractivity contribution in [3.8, 4) is 11.4 Å². The second-order valence-corrected chi connectivity index (χ2v) is 6.45. The summed E-state index contributed by atoms with van der Waals surface area (Å²) in [6.45, 7) is 3.46. The molecule has 1 aromatic heterocycles. The van der Waals surface area contributed by atoms with Crippen LogP contribution in [0.15, 0.2) is 29.1 Å². The molecule has 1 atom stereocenters. The lowest BCUT2D eigenvalue weighted by molar-refractivity contribution is 0.101. The van der Waals surface area contributed by atoms with Crippen molar-refractivity contribution >= 4 is 5.78 Å². The number of fused-ring (bicyclic) bond motifs is 3. The van der Waals surface area contributed by atoms with Crippen molar-refractivity contribution in [2.45, 2.75) is 38.5 Å². The Labute approximate surface area is 128 Å². The molecule has 1 aliphatic carbocycles. The van der Waals surface area contributed by atoms with Gasteiger partial charge in [0.25, 0.3) is 5.56 Å². The van der Waals surface area contributed by atoms with Crippen molar-refractivity contribution < 1.29 is 9.90 Å². The van der Waals surface area contributed by atoms with Gasteiger partial charge in [-0.3, -0.25) is 14.2 Å². The molecule has 0 saturated carbocycles. The Hall–Kier alpha value is -2.36. The maximum atomic E-state index is 12.8. The van der Waals surface area contributed by atoms with E-state index >= 15 is 0 Å². The van der Waals surface area contributed by atoms with Crippen LogP contribution in [0.5, 0.6) is 5.75 Å². The Bertz CT molecular complexity index is 894. The molecule has 112 valence electrons. The molecule has 0 amide bonds. The van der Waals surface area contributed by atoms with E-state index in [1.807, 2.05) is 24.3 Å². The third-order valence-electron chi connectivity index (χ3n) is 5.17. The summed E-state index contributed by atoms with van der Waals surface area (Å²) < 4.78 is 1.65. The summed E-state index contributed by atoms with van der Waals surface area (Å²) in [5, 5.41) is 10.5. The van der Waals surface area contributed by atoms with Gasteiger partial charge in [-0.15, -0.1) is 0 Å². The first-order valence-corrected chi connectivity index (χ1v) is 7.59. The summed E-state index contributed by atoms with van der Waals surface area (Å²) in [6, 6.07) is 7.84. The molecule has 2 aliphatic rings. The highest BCUT2D eigenvalue weighted by molar-refractivity contribution is 5.97. The summed E-state index contributed by atoms with van der Waals surface area (Å²) in [5.74, 6) is -0.492. The second kappa shape index (κ2) is 4.09. The van der Waals surface area contributed by atoms with Gasteiger partial charge in [0.1, 0.15) is 11.3 Å². The Balaban J connectivity index is 2.24. The van der Waals surface area contributed by atoms with E-state index in [0.29, 0.717) is 6.42 Å². The lowest BCUT2D eigenvalue weighted by Gasteiger charge is -2.32. The van der Waals surface area contributed by atoms with Gasteiger partial charge < -0.3 is 5.11 Å². The van der Waals surface area contributed by atoms with Crippen LogP contribution in [0.4, 0.5) is 0 Å². The molecule has 2 heterocycles. The minimum absolute atomic E-state index is 0.0836. The molecule has 0 spiro atoms. The SMILES string of the molecule is CC(=O)c1c(O)c2c3n(c1=O)-c1ccccc1C3(C)CCC2. The van der Waals surface area contributed by atoms with Crippen molar-refractivity contribution in [1.29, 1.82) is 0 Å². The zero-order chi connectivity index (χ0) is 15.6. The molecule has 0 fully saturated rings. The highest BCUT2D eigenvalue weighted by atomic mass is 16.3. The van der Waals surface area contributed by atoms with Crippen LogP contribution in [-0.4, -0.2) is 15.5 Å². The topological polar surface area (TPSA) is 59.3 Å². The standard InChI is InChI=1S/C18H17NO3/c1-10(20)14-15(21)11-6-5-9-18(2)12-7-3-4-8-13(12)19(16(11)18)17(14)22/h3-4,7-8,21H,5-6,9H2,1-2H3. The fourth-order valence-corrected chi connectivity index (χ4v) is 4.21. The number of aromatic nitrogens is 1. The number of rotatable bonds is 1. The molecule has 0 radical (unpaired) electrons. The van der Waals surface area contributed by atoms with Crippen LogP contribution in [-0.2, 0) is 11.8 Å². The average Bonchev–Trinajstić information content (AvgIpc) is 2.75. The molecule has 0 saturated heterocycles. The predicted molar refractivity (Wildman–Crippen MR) is 83.1 cm³/mol. The van der Waals surface area contributed by atoms with Crippen LogP contribution in [0, 0.1) is 0 Å². The number of benzene rings is 1. The third-order valence-corrected chi connectivity index (χ3v) is 5.17. The van der Waals surface area contributed by atoms with Crippen molar-refractivity contribution in [1.82, 2.24) is 4.57 Å². The molecule has 1 aliphatic heterocycles. The molecule has 1 N–H and O–H groups in total. The first kappa shape index (κ1) is 13.3. The van der Waals surface area contributed by atoms with Gasteiger partial charge in [-0.05, 0) is 44.7 Å². The van der Waals surface area contributed by atoms with Crippen LogP contribution in [0.2, 0.25) is 0 Å². The zero-order valence-electron chi connectivity index (χ0n) is 12.6. The minimum atomic E-state index is -0.401. The van der Waals surface area contributed by atoms with Crippen molar-refractivity contribution in [2.24, 2.45) is 0 Å². The van der Waals surface area contributed by atoms with Crippen molar-refractivity contribution in [2.75, 3.05) is 0 Å². The van der Waals surface area contributed by atoms with E-state index in [0.717, 1.165) is 35.3 Å². The average molecular weight is 295 g/mol. The van der Waals surface area contributed by atoms with Gasteiger partial charge in [-0.25, -0.2) is 0 Å². The van der Waals surface area contributed by atoms with E-state index in [1.54, 1.807) is 4.57 Å². The number of pyridine rings is 1. The van der Waals surface area contributed by atoms with Gasteiger partial charge in [-0.2, -0.15) is 0 Å². The Kier molecular flexibility index (Phi) is 2.48.